The molecule has 1 aliphatic carbocycles. The number of hydrogen-bond donors (Lipinski definition) is 0. The number of nitro groups is 1. The number of rotatable bonds is 2. The minimum absolute atomic E-state index is 0.0468. The van der Waals surface area contributed by atoms with Crippen LogP contribution < -0.4 is 0 Å². The van der Waals surface area contributed by atoms with Crippen LogP contribution in [0.2, 0.25) is 0 Å². The highest BCUT2D eigenvalue weighted by Gasteiger charge is 2.39. The van der Waals surface area contributed by atoms with E-state index >= 15 is 0 Å². The van der Waals surface area contributed by atoms with Gasteiger partial charge in [0.25, 0.3) is 0 Å². The maximum absolute atomic E-state index is 11.3. The number of hydrogen-bond acceptors (Lipinski definition) is 4. The molecule has 1 aliphatic heterocycles. The molecular formula is C10H11N3O3. The minimum Gasteiger partial charge on any atom is -0.358 e. The number of imidazole rings is 1. The average molecular weight is 221 g/mol. The number of nitrogens with zero attached hydrogens (tertiary/aromatic N) is 3. The molecule has 6 heteroatoms. The molecule has 3 rings (SSSR count). The Labute approximate surface area is 91.4 Å². The summed E-state index contributed by atoms with van der Waals surface area (Å²) < 4.78 is 1.49. The molecule has 0 atom stereocenters. The summed E-state index contributed by atoms with van der Waals surface area (Å²) in [7, 11) is 0. The summed E-state index contributed by atoms with van der Waals surface area (Å²) in [5.74, 6) is 1.04. The van der Waals surface area contributed by atoms with Crippen molar-refractivity contribution in [3.05, 3.63) is 21.6 Å². The van der Waals surface area contributed by atoms with Crippen molar-refractivity contribution in [3.63, 3.8) is 0 Å². The van der Waals surface area contributed by atoms with Gasteiger partial charge in [0, 0.05) is 18.8 Å². The van der Waals surface area contributed by atoms with Crippen molar-refractivity contribution in [3.8, 4) is 0 Å². The Hall–Kier alpha value is -1.72. The maximum Gasteiger partial charge on any atom is 0.346 e. The molecule has 1 aromatic rings. The third-order valence-corrected chi connectivity index (χ3v) is 3.14. The van der Waals surface area contributed by atoms with Gasteiger partial charge in [-0.2, -0.15) is 0 Å². The van der Waals surface area contributed by atoms with Crippen LogP contribution in [0, 0.1) is 10.1 Å². The van der Waals surface area contributed by atoms with Crippen LogP contribution in [0.25, 0.3) is 0 Å². The second kappa shape index (κ2) is 3.13. The van der Waals surface area contributed by atoms with Gasteiger partial charge in [0.1, 0.15) is 5.69 Å². The molecule has 0 amide bonds. The average Bonchev–Trinajstić information content (AvgIpc) is 2.99. The first-order valence-corrected chi connectivity index (χ1v) is 5.42. The third kappa shape index (κ3) is 1.33. The zero-order chi connectivity index (χ0) is 11.3. The highest BCUT2D eigenvalue weighted by Crippen LogP contribution is 2.44. The van der Waals surface area contributed by atoms with Crippen LogP contribution in [0.5, 0.6) is 0 Å². The lowest BCUT2D eigenvalue weighted by Crippen LogP contribution is -2.20. The van der Waals surface area contributed by atoms with E-state index in [0.29, 0.717) is 24.4 Å². The van der Waals surface area contributed by atoms with Gasteiger partial charge >= 0.3 is 5.82 Å². The van der Waals surface area contributed by atoms with E-state index in [-0.39, 0.29) is 24.1 Å². The van der Waals surface area contributed by atoms with Crippen molar-refractivity contribution in [1.82, 2.24) is 9.55 Å². The predicted octanol–water partition coefficient (Wildman–Crippen LogP) is 1.18. The van der Waals surface area contributed by atoms with Gasteiger partial charge in [-0.05, 0) is 17.8 Å². The zero-order valence-corrected chi connectivity index (χ0v) is 8.68. The lowest BCUT2D eigenvalue weighted by Gasteiger charge is -2.08. The number of Topliss-reactive ketones (excluding diaryl/α,β-unsaturated/α-hetero) is 1. The molecule has 0 radical (unpaired) electrons. The van der Waals surface area contributed by atoms with Crippen molar-refractivity contribution in [2.75, 3.05) is 0 Å². The first-order chi connectivity index (χ1) is 7.66. The van der Waals surface area contributed by atoms with E-state index < -0.39 is 4.92 Å². The van der Waals surface area contributed by atoms with Crippen molar-refractivity contribution in [1.29, 1.82) is 0 Å². The van der Waals surface area contributed by atoms with Gasteiger partial charge in [-0.25, -0.2) is 9.55 Å². The molecule has 0 unspecified atom stereocenters. The summed E-state index contributed by atoms with van der Waals surface area (Å²) >= 11 is 0. The molecule has 0 saturated heterocycles. The molecule has 2 aliphatic rings. The van der Waals surface area contributed by atoms with Crippen molar-refractivity contribution >= 4 is 11.6 Å². The summed E-state index contributed by atoms with van der Waals surface area (Å²) in [6.07, 6.45) is 2.95. The minimum atomic E-state index is -0.400. The Bertz CT molecular complexity index is 488. The quantitative estimate of drug-likeness (QED) is 0.555. The Morgan fingerprint density at radius 2 is 2.12 bits per heavy atom. The number of aryl methyl sites for hydroxylation is 1. The fourth-order valence-corrected chi connectivity index (χ4v) is 2.20. The second-order valence-corrected chi connectivity index (χ2v) is 4.39. The van der Waals surface area contributed by atoms with E-state index in [1.165, 1.54) is 4.57 Å². The van der Waals surface area contributed by atoms with E-state index in [9.17, 15) is 14.9 Å². The highest BCUT2D eigenvalue weighted by atomic mass is 16.6. The SMILES string of the molecule is O=C1CCc2nc(C3CC3)c([N+](=O)[O-])n2C1. The number of carbonyl (C=O) groups excluding carboxylic acids is 1. The first kappa shape index (κ1) is 9.50. The molecule has 0 spiro atoms. The van der Waals surface area contributed by atoms with E-state index in [0.717, 1.165) is 12.8 Å². The van der Waals surface area contributed by atoms with Crippen molar-refractivity contribution in [2.45, 2.75) is 38.1 Å². The lowest BCUT2D eigenvalue weighted by molar-refractivity contribution is -0.392. The Kier molecular flexibility index (Phi) is 1.86. The molecule has 84 valence electrons. The van der Waals surface area contributed by atoms with Gasteiger partial charge in [-0.15, -0.1) is 0 Å². The van der Waals surface area contributed by atoms with Gasteiger partial charge in [-0.1, -0.05) is 0 Å². The van der Waals surface area contributed by atoms with Crippen molar-refractivity contribution < 1.29 is 9.72 Å². The van der Waals surface area contributed by atoms with Crippen LogP contribution in [0.3, 0.4) is 0 Å². The topological polar surface area (TPSA) is 78.0 Å². The van der Waals surface area contributed by atoms with Crippen LogP contribution in [-0.4, -0.2) is 20.3 Å². The lowest BCUT2D eigenvalue weighted by atomic mass is 10.1. The van der Waals surface area contributed by atoms with Crippen LogP contribution >= 0.6 is 0 Å². The van der Waals surface area contributed by atoms with E-state index in [2.05, 4.69) is 4.98 Å². The van der Waals surface area contributed by atoms with Crippen LogP contribution in [0.15, 0.2) is 0 Å². The van der Waals surface area contributed by atoms with Gasteiger partial charge in [0.2, 0.25) is 0 Å². The summed E-state index contributed by atoms with van der Waals surface area (Å²) in [5.41, 5.74) is 0.592. The fraction of sp³-hybridized carbons (Fsp3) is 0.600. The molecule has 0 aromatic carbocycles. The monoisotopic (exact) mass is 221 g/mol. The third-order valence-electron chi connectivity index (χ3n) is 3.14. The molecule has 1 aromatic heterocycles. The summed E-state index contributed by atoms with van der Waals surface area (Å²) in [5, 5.41) is 11.0. The Morgan fingerprint density at radius 3 is 2.75 bits per heavy atom. The van der Waals surface area contributed by atoms with Crippen LogP contribution in [0.1, 0.15) is 36.7 Å². The predicted molar refractivity (Wildman–Crippen MR) is 54.2 cm³/mol. The molecule has 6 nitrogen and oxygen atoms in total. The molecular weight excluding hydrogens is 210 g/mol. The summed E-state index contributed by atoms with van der Waals surface area (Å²) in [6, 6.07) is 0. The molecule has 2 heterocycles. The number of carbonyl (C=O) groups is 1. The molecule has 1 fully saturated rings. The van der Waals surface area contributed by atoms with Crippen LogP contribution in [-0.2, 0) is 17.8 Å². The molecule has 0 N–H and O–H groups in total. The first-order valence-electron chi connectivity index (χ1n) is 5.42. The van der Waals surface area contributed by atoms with Crippen LogP contribution in [0.4, 0.5) is 5.82 Å². The number of aromatic nitrogens is 2. The van der Waals surface area contributed by atoms with Gasteiger partial charge in [-0.3, -0.25) is 4.79 Å². The smallest absolute Gasteiger partial charge is 0.346 e. The normalized spacial score (nSPS) is 19.6. The summed E-state index contributed by atoms with van der Waals surface area (Å²) in [4.78, 5) is 26.3. The van der Waals surface area contributed by atoms with E-state index in [1.54, 1.807) is 0 Å². The Morgan fingerprint density at radius 1 is 1.38 bits per heavy atom. The second-order valence-electron chi connectivity index (χ2n) is 4.39. The molecule has 1 saturated carbocycles. The van der Waals surface area contributed by atoms with E-state index in [4.69, 9.17) is 0 Å². The maximum atomic E-state index is 11.3. The molecule has 0 bridgehead atoms. The number of fused-ring (bicyclic) bond motifs is 1. The highest BCUT2D eigenvalue weighted by molar-refractivity contribution is 5.80. The number of ketones is 1. The van der Waals surface area contributed by atoms with Gasteiger partial charge < -0.3 is 10.1 Å². The fourth-order valence-electron chi connectivity index (χ4n) is 2.20. The summed E-state index contributed by atoms with van der Waals surface area (Å²) in [6.45, 7) is 0.116. The van der Waals surface area contributed by atoms with Gasteiger partial charge in [0.05, 0.1) is 0 Å². The standard InChI is InChI=1S/C10H11N3O3/c14-7-3-4-8-11-9(6-1-2-6)10(13(15)16)12(8)5-7/h6H,1-5H2. The largest absolute Gasteiger partial charge is 0.358 e. The Balaban J connectivity index is 2.13. The van der Waals surface area contributed by atoms with Gasteiger partial charge in [0.15, 0.2) is 18.2 Å². The molecule has 16 heavy (non-hydrogen) atoms. The van der Waals surface area contributed by atoms with Crippen molar-refractivity contribution in [2.24, 2.45) is 0 Å². The zero-order valence-electron chi connectivity index (χ0n) is 8.68. The van der Waals surface area contributed by atoms with E-state index in [1.807, 2.05) is 0 Å².